The Kier molecular flexibility index (Phi) is 5.79. The number of ether oxygens (including phenoxy) is 1. The van der Waals surface area contributed by atoms with Gasteiger partial charge in [0.05, 0.1) is 12.2 Å². The van der Waals surface area contributed by atoms with Crippen LogP contribution in [0.5, 0.6) is 0 Å². The van der Waals surface area contributed by atoms with Crippen molar-refractivity contribution in [2.45, 2.75) is 25.6 Å². The second kappa shape index (κ2) is 7.85. The number of rotatable bonds is 4. The summed E-state index contributed by atoms with van der Waals surface area (Å²) >= 11 is 0. The minimum Gasteiger partial charge on any atom is -0.381 e. The molecule has 1 aromatic carbocycles. The van der Waals surface area contributed by atoms with Gasteiger partial charge in [-0.25, -0.2) is 0 Å². The molecule has 134 valence electrons. The summed E-state index contributed by atoms with van der Waals surface area (Å²) in [5.74, 6) is 0.659. The van der Waals surface area contributed by atoms with Crippen molar-refractivity contribution in [1.29, 1.82) is 0 Å². The lowest BCUT2D eigenvalue weighted by atomic mass is 10.1. The fraction of sp³-hybridized carbons (Fsp3) is 0.667. The van der Waals surface area contributed by atoms with Gasteiger partial charge in [0.25, 0.3) is 0 Å². The maximum Gasteiger partial charge on any atom is 0.416 e. The summed E-state index contributed by atoms with van der Waals surface area (Å²) in [6.45, 7) is 7.68. The third-order valence-electron chi connectivity index (χ3n) is 4.91. The van der Waals surface area contributed by atoms with Crippen LogP contribution in [0.3, 0.4) is 0 Å². The zero-order valence-electron chi connectivity index (χ0n) is 13.9. The second-order valence-corrected chi connectivity index (χ2v) is 6.85. The number of halogens is 3. The van der Waals surface area contributed by atoms with Crippen molar-refractivity contribution in [3.8, 4) is 0 Å². The van der Waals surface area contributed by atoms with Crippen molar-refractivity contribution in [3.63, 3.8) is 0 Å². The summed E-state index contributed by atoms with van der Waals surface area (Å²) in [5, 5.41) is 0. The molecule has 0 amide bonds. The molecule has 2 saturated heterocycles. The van der Waals surface area contributed by atoms with Crippen LogP contribution in [0, 0.1) is 5.92 Å². The van der Waals surface area contributed by atoms with Crippen molar-refractivity contribution in [2.24, 2.45) is 5.92 Å². The average molecular weight is 342 g/mol. The molecule has 2 aliphatic rings. The van der Waals surface area contributed by atoms with E-state index in [1.54, 1.807) is 12.1 Å². The molecule has 2 aliphatic heterocycles. The Balaban J connectivity index is 1.49. The lowest BCUT2D eigenvalue weighted by molar-refractivity contribution is -0.137. The zero-order chi connectivity index (χ0) is 17.0. The molecule has 0 radical (unpaired) electrons. The van der Waals surface area contributed by atoms with Crippen LogP contribution in [0.25, 0.3) is 0 Å². The topological polar surface area (TPSA) is 15.7 Å². The number of benzene rings is 1. The smallest absolute Gasteiger partial charge is 0.381 e. The largest absolute Gasteiger partial charge is 0.416 e. The van der Waals surface area contributed by atoms with Gasteiger partial charge in [0.15, 0.2) is 0 Å². The van der Waals surface area contributed by atoms with Gasteiger partial charge < -0.3 is 9.64 Å². The van der Waals surface area contributed by atoms with Gasteiger partial charge in [0.2, 0.25) is 0 Å². The molecule has 2 heterocycles. The maximum atomic E-state index is 12.6. The van der Waals surface area contributed by atoms with Crippen molar-refractivity contribution in [3.05, 3.63) is 35.4 Å². The highest BCUT2D eigenvalue weighted by atomic mass is 19.4. The van der Waals surface area contributed by atoms with Crippen molar-refractivity contribution in [2.75, 3.05) is 45.9 Å². The van der Waals surface area contributed by atoms with Gasteiger partial charge in [-0.3, -0.25) is 4.90 Å². The van der Waals surface area contributed by atoms with E-state index in [9.17, 15) is 13.2 Å². The first-order valence-electron chi connectivity index (χ1n) is 8.69. The predicted octanol–water partition coefficient (Wildman–Crippen LogP) is 3.25. The molecule has 3 rings (SSSR count). The van der Waals surface area contributed by atoms with E-state index in [0.717, 1.165) is 70.9 Å². The van der Waals surface area contributed by atoms with E-state index < -0.39 is 11.7 Å². The van der Waals surface area contributed by atoms with E-state index in [-0.39, 0.29) is 0 Å². The SMILES string of the molecule is FC(F)(F)c1ccc(CN2CCCN(CC3CCOC3)CC2)cc1. The lowest BCUT2D eigenvalue weighted by Gasteiger charge is -2.24. The van der Waals surface area contributed by atoms with Gasteiger partial charge >= 0.3 is 6.18 Å². The van der Waals surface area contributed by atoms with Crippen LogP contribution in [0.4, 0.5) is 13.2 Å². The van der Waals surface area contributed by atoms with Gasteiger partial charge in [-0.05, 0) is 49.5 Å². The zero-order valence-corrected chi connectivity index (χ0v) is 13.9. The van der Waals surface area contributed by atoms with Crippen molar-refractivity contribution < 1.29 is 17.9 Å². The minimum absolute atomic E-state index is 0.577. The van der Waals surface area contributed by atoms with Crippen LogP contribution in [0.2, 0.25) is 0 Å². The number of nitrogens with zero attached hydrogens (tertiary/aromatic N) is 2. The van der Waals surface area contributed by atoms with Gasteiger partial charge in [0.1, 0.15) is 0 Å². The van der Waals surface area contributed by atoms with Gasteiger partial charge in [0, 0.05) is 32.8 Å². The second-order valence-electron chi connectivity index (χ2n) is 6.85. The normalized spacial score (nSPS) is 24.2. The molecular formula is C18H25F3N2O. The third kappa shape index (κ3) is 4.94. The highest BCUT2D eigenvalue weighted by molar-refractivity contribution is 5.24. The molecule has 0 spiro atoms. The molecule has 1 aromatic rings. The van der Waals surface area contributed by atoms with E-state index in [0.29, 0.717) is 5.92 Å². The Labute approximate surface area is 141 Å². The van der Waals surface area contributed by atoms with Crippen LogP contribution in [0.15, 0.2) is 24.3 Å². The summed E-state index contributed by atoms with van der Waals surface area (Å²) in [5.41, 5.74) is 0.368. The molecule has 2 fully saturated rings. The summed E-state index contributed by atoms with van der Waals surface area (Å²) < 4.78 is 43.3. The first-order chi connectivity index (χ1) is 11.5. The molecular weight excluding hydrogens is 317 g/mol. The molecule has 0 saturated carbocycles. The average Bonchev–Trinajstić information content (AvgIpc) is 2.95. The summed E-state index contributed by atoms with van der Waals surface area (Å²) in [7, 11) is 0. The third-order valence-corrected chi connectivity index (χ3v) is 4.91. The first-order valence-corrected chi connectivity index (χ1v) is 8.69. The summed E-state index contributed by atoms with van der Waals surface area (Å²) in [6.07, 6.45) is -1.99. The first kappa shape index (κ1) is 17.7. The number of hydrogen-bond acceptors (Lipinski definition) is 3. The molecule has 0 aromatic heterocycles. The fourth-order valence-corrected chi connectivity index (χ4v) is 3.51. The molecule has 0 bridgehead atoms. The monoisotopic (exact) mass is 342 g/mol. The Morgan fingerprint density at radius 3 is 2.38 bits per heavy atom. The molecule has 24 heavy (non-hydrogen) atoms. The Hall–Kier alpha value is -1.11. The molecule has 3 nitrogen and oxygen atoms in total. The van der Waals surface area contributed by atoms with E-state index in [1.807, 2.05) is 0 Å². The Bertz CT molecular complexity index is 512. The predicted molar refractivity (Wildman–Crippen MR) is 86.7 cm³/mol. The Morgan fingerprint density at radius 2 is 1.71 bits per heavy atom. The van der Waals surface area contributed by atoms with Crippen LogP contribution in [-0.2, 0) is 17.5 Å². The van der Waals surface area contributed by atoms with Gasteiger partial charge in [-0.15, -0.1) is 0 Å². The van der Waals surface area contributed by atoms with Crippen LogP contribution in [0.1, 0.15) is 24.0 Å². The standard InChI is InChI=1S/C18H25F3N2O/c19-18(20,21)17-4-2-15(3-5-17)12-22-7-1-8-23(10-9-22)13-16-6-11-24-14-16/h2-5,16H,1,6-14H2. The van der Waals surface area contributed by atoms with Crippen LogP contribution < -0.4 is 0 Å². The van der Waals surface area contributed by atoms with E-state index >= 15 is 0 Å². The van der Waals surface area contributed by atoms with Crippen molar-refractivity contribution in [1.82, 2.24) is 9.80 Å². The molecule has 1 atom stereocenters. The Morgan fingerprint density at radius 1 is 1.00 bits per heavy atom. The maximum absolute atomic E-state index is 12.6. The summed E-state index contributed by atoms with van der Waals surface area (Å²) in [6, 6.07) is 5.56. The molecule has 0 aliphatic carbocycles. The van der Waals surface area contributed by atoms with E-state index in [2.05, 4.69) is 9.80 Å². The quantitative estimate of drug-likeness (QED) is 0.835. The minimum atomic E-state index is -4.26. The van der Waals surface area contributed by atoms with Gasteiger partial charge in [-0.1, -0.05) is 12.1 Å². The van der Waals surface area contributed by atoms with E-state index in [4.69, 9.17) is 4.74 Å². The molecule has 1 unspecified atom stereocenters. The molecule has 6 heteroatoms. The number of alkyl halides is 3. The summed E-state index contributed by atoms with van der Waals surface area (Å²) in [4.78, 5) is 4.85. The molecule has 0 N–H and O–H groups in total. The lowest BCUT2D eigenvalue weighted by Crippen LogP contribution is -2.34. The highest BCUT2D eigenvalue weighted by Crippen LogP contribution is 2.29. The highest BCUT2D eigenvalue weighted by Gasteiger charge is 2.30. The van der Waals surface area contributed by atoms with Crippen LogP contribution >= 0.6 is 0 Å². The number of hydrogen-bond donors (Lipinski definition) is 0. The van der Waals surface area contributed by atoms with Crippen molar-refractivity contribution >= 4 is 0 Å². The van der Waals surface area contributed by atoms with Crippen LogP contribution in [-0.4, -0.2) is 55.7 Å². The fourth-order valence-electron chi connectivity index (χ4n) is 3.51. The van der Waals surface area contributed by atoms with E-state index in [1.165, 1.54) is 12.1 Å². The van der Waals surface area contributed by atoms with Gasteiger partial charge in [-0.2, -0.15) is 13.2 Å².